The third kappa shape index (κ3) is 3.65. The summed E-state index contributed by atoms with van der Waals surface area (Å²) < 4.78 is 37.5. The molecule has 1 aliphatic heterocycles. The Morgan fingerprint density at radius 1 is 1.11 bits per heavy atom. The van der Waals surface area contributed by atoms with Crippen LogP contribution in [-0.2, 0) is 6.54 Å². The maximum Gasteiger partial charge on any atom is 0.391 e. The van der Waals surface area contributed by atoms with E-state index in [1.165, 1.54) is 0 Å². The van der Waals surface area contributed by atoms with Gasteiger partial charge in [0.15, 0.2) is 0 Å². The average molecular weight is 275 g/mol. The number of alkyl halides is 3. The van der Waals surface area contributed by atoms with Gasteiger partial charge in [0.05, 0.1) is 5.92 Å². The van der Waals surface area contributed by atoms with Crippen LogP contribution in [-0.4, -0.2) is 24.2 Å². The number of nitrogens with zero attached hydrogens (tertiary/aromatic N) is 1. The lowest BCUT2D eigenvalue weighted by molar-refractivity contribution is -0.185. The molecule has 0 bridgehead atoms. The number of halogens is 3. The van der Waals surface area contributed by atoms with Crippen molar-refractivity contribution in [3.63, 3.8) is 0 Å². The van der Waals surface area contributed by atoms with E-state index in [1.807, 2.05) is 24.3 Å². The minimum Gasteiger partial charge on any atom is -0.299 e. The molecule has 0 unspecified atom stereocenters. The predicted octanol–water partition coefficient (Wildman–Crippen LogP) is 3.75. The monoisotopic (exact) mass is 275 g/mol. The number of hydrogen-bond donors (Lipinski definition) is 1. The van der Waals surface area contributed by atoms with E-state index in [0.29, 0.717) is 13.1 Å². The van der Waals surface area contributed by atoms with Crippen LogP contribution in [0.4, 0.5) is 13.2 Å². The molecule has 1 aromatic carbocycles. The fourth-order valence-corrected chi connectivity index (χ4v) is 2.43. The highest BCUT2D eigenvalue weighted by Gasteiger charge is 2.40. The largest absolute Gasteiger partial charge is 0.391 e. The molecule has 5 heteroatoms. The molecule has 1 aromatic rings. The second kappa shape index (κ2) is 5.53. The average Bonchev–Trinajstić information content (AvgIpc) is 2.32. The molecule has 0 aromatic heterocycles. The molecule has 0 spiro atoms. The van der Waals surface area contributed by atoms with E-state index in [4.69, 9.17) is 0 Å². The van der Waals surface area contributed by atoms with Gasteiger partial charge in [0.2, 0.25) is 0 Å². The molecule has 2 rings (SSSR count). The van der Waals surface area contributed by atoms with E-state index in [0.717, 1.165) is 17.0 Å². The summed E-state index contributed by atoms with van der Waals surface area (Å²) in [6, 6.07) is 7.75. The van der Waals surface area contributed by atoms with Crippen molar-refractivity contribution >= 4 is 12.6 Å². The van der Waals surface area contributed by atoms with Gasteiger partial charge < -0.3 is 0 Å². The molecular formula is C13H16F3NS. The fourth-order valence-electron chi connectivity index (χ4n) is 2.28. The number of benzene rings is 1. The Bertz CT molecular complexity index is 380. The number of likely N-dealkylation sites (tertiary alicyclic amines) is 1. The normalized spacial score (nSPS) is 19.1. The van der Waals surface area contributed by atoms with Crippen LogP contribution < -0.4 is 0 Å². The van der Waals surface area contributed by atoms with E-state index in [-0.39, 0.29) is 12.8 Å². The Morgan fingerprint density at radius 3 is 2.17 bits per heavy atom. The summed E-state index contributed by atoms with van der Waals surface area (Å²) in [5.74, 6) is -1.12. The van der Waals surface area contributed by atoms with Gasteiger partial charge in [0.1, 0.15) is 0 Å². The third-order valence-corrected chi connectivity index (χ3v) is 3.69. The summed E-state index contributed by atoms with van der Waals surface area (Å²) in [6.07, 6.45) is -3.60. The summed E-state index contributed by atoms with van der Waals surface area (Å²) in [6.45, 7) is 1.76. The van der Waals surface area contributed by atoms with Crippen LogP contribution in [0.25, 0.3) is 0 Å². The molecule has 0 atom stereocenters. The van der Waals surface area contributed by atoms with Crippen molar-refractivity contribution in [3.05, 3.63) is 29.8 Å². The van der Waals surface area contributed by atoms with Crippen LogP contribution >= 0.6 is 12.6 Å². The van der Waals surface area contributed by atoms with E-state index < -0.39 is 12.1 Å². The smallest absolute Gasteiger partial charge is 0.299 e. The molecule has 0 aliphatic carbocycles. The second-order valence-corrected chi connectivity index (χ2v) is 5.27. The Kier molecular flexibility index (Phi) is 4.22. The highest BCUT2D eigenvalue weighted by Crippen LogP contribution is 2.34. The molecule has 0 saturated carbocycles. The Labute approximate surface area is 110 Å². The van der Waals surface area contributed by atoms with Crippen LogP contribution in [0.5, 0.6) is 0 Å². The van der Waals surface area contributed by atoms with Gasteiger partial charge in [-0.05, 0) is 43.6 Å². The summed E-state index contributed by atoms with van der Waals surface area (Å²) in [7, 11) is 0. The van der Waals surface area contributed by atoms with Crippen LogP contribution in [0.2, 0.25) is 0 Å². The molecule has 1 nitrogen and oxygen atoms in total. The maximum atomic E-state index is 12.5. The van der Waals surface area contributed by atoms with E-state index in [2.05, 4.69) is 17.5 Å². The van der Waals surface area contributed by atoms with Crippen molar-refractivity contribution in [2.45, 2.75) is 30.5 Å². The van der Waals surface area contributed by atoms with Gasteiger partial charge >= 0.3 is 6.18 Å². The Balaban J connectivity index is 1.85. The SMILES string of the molecule is FC(F)(F)C1CCN(Cc2ccc(S)cc2)CC1. The van der Waals surface area contributed by atoms with Crippen LogP contribution in [0.15, 0.2) is 29.2 Å². The predicted molar refractivity (Wildman–Crippen MR) is 67.8 cm³/mol. The molecule has 100 valence electrons. The molecule has 1 saturated heterocycles. The number of rotatable bonds is 2. The Morgan fingerprint density at radius 2 is 1.67 bits per heavy atom. The first-order chi connectivity index (χ1) is 8.45. The van der Waals surface area contributed by atoms with Crippen LogP contribution in [0, 0.1) is 5.92 Å². The van der Waals surface area contributed by atoms with Gasteiger partial charge in [0.25, 0.3) is 0 Å². The quantitative estimate of drug-likeness (QED) is 0.805. The van der Waals surface area contributed by atoms with Gasteiger partial charge in [0, 0.05) is 11.4 Å². The van der Waals surface area contributed by atoms with E-state index in [1.54, 1.807) is 0 Å². The third-order valence-electron chi connectivity index (χ3n) is 3.39. The molecule has 1 heterocycles. The Hall–Kier alpha value is -0.680. The zero-order valence-electron chi connectivity index (χ0n) is 9.95. The zero-order chi connectivity index (χ0) is 13.2. The maximum absolute atomic E-state index is 12.5. The van der Waals surface area contributed by atoms with Crippen LogP contribution in [0.3, 0.4) is 0 Å². The van der Waals surface area contributed by atoms with E-state index in [9.17, 15) is 13.2 Å². The number of thiol groups is 1. The summed E-state index contributed by atoms with van der Waals surface area (Å²) >= 11 is 4.20. The topological polar surface area (TPSA) is 3.24 Å². The van der Waals surface area contributed by atoms with Crippen molar-refractivity contribution in [1.82, 2.24) is 4.90 Å². The molecular weight excluding hydrogens is 259 g/mol. The van der Waals surface area contributed by atoms with Crippen molar-refractivity contribution < 1.29 is 13.2 Å². The molecule has 18 heavy (non-hydrogen) atoms. The second-order valence-electron chi connectivity index (χ2n) is 4.76. The molecule has 0 radical (unpaired) electrons. The van der Waals surface area contributed by atoms with Gasteiger partial charge in [-0.1, -0.05) is 12.1 Å². The molecule has 0 N–H and O–H groups in total. The van der Waals surface area contributed by atoms with Gasteiger partial charge in [-0.25, -0.2) is 0 Å². The van der Waals surface area contributed by atoms with Crippen molar-refractivity contribution in [1.29, 1.82) is 0 Å². The van der Waals surface area contributed by atoms with Gasteiger partial charge in [-0.15, -0.1) is 12.6 Å². The molecule has 0 amide bonds. The highest BCUT2D eigenvalue weighted by atomic mass is 32.1. The molecule has 1 fully saturated rings. The molecule has 1 aliphatic rings. The zero-order valence-corrected chi connectivity index (χ0v) is 10.8. The number of hydrogen-bond acceptors (Lipinski definition) is 2. The van der Waals surface area contributed by atoms with Gasteiger partial charge in [-0.2, -0.15) is 13.2 Å². The minimum atomic E-state index is -4.03. The lowest BCUT2D eigenvalue weighted by Gasteiger charge is -2.32. The van der Waals surface area contributed by atoms with Crippen molar-refractivity contribution in [3.8, 4) is 0 Å². The lowest BCUT2D eigenvalue weighted by Crippen LogP contribution is -2.38. The first kappa shape index (κ1) is 13.7. The minimum absolute atomic E-state index is 0.216. The summed E-state index contributed by atoms with van der Waals surface area (Å²) in [5, 5.41) is 0. The van der Waals surface area contributed by atoms with Crippen LogP contribution in [0.1, 0.15) is 18.4 Å². The number of piperidine rings is 1. The first-order valence-corrected chi connectivity index (χ1v) is 6.47. The van der Waals surface area contributed by atoms with Gasteiger partial charge in [-0.3, -0.25) is 4.90 Å². The standard InChI is InChI=1S/C13H16F3NS/c14-13(15,16)11-5-7-17(8-6-11)9-10-1-3-12(18)4-2-10/h1-4,11,18H,5-9H2. The lowest BCUT2D eigenvalue weighted by atomic mass is 9.96. The summed E-state index contributed by atoms with van der Waals surface area (Å²) in [5.41, 5.74) is 1.12. The van der Waals surface area contributed by atoms with Crippen molar-refractivity contribution in [2.75, 3.05) is 13.1 Å². The first-order valence-electron chi connectivity index (χ1n) is 6.02. The fraction of sp³-hybridized carbons (Fsp3) is 0.538. The van der Waals surface area contributed by atoms with Crippen molar-refractivity contribution in [2.24, 2.45) is 5.92 Å². The summed E-state index contributed by atoms with van der Waals surface area (Å²) in [4.78, 5) is 2.98. The highest BCUT2D eigenvalue weighted by molar-refractivity contribution is 7.80. The van der Waals surface area contributed by atoms with E-state index >= 15 is 0 Å².